The first-order valence-corrected chi connectivity index (χ1v) is 6.78. The van der Waals surface area contributed by atoms with Crippen LogP contribution < -0.4 is 14.5 Å². The Morgan fingerprint density at radius 2 is 1.87 bits per heavy atom. The molecule has 0 bridgehead atoms. The molecule has 0 radical (unpaired) electrons. The third-order valence-electron chi connectivity index (χ3n) is 3.58. The lowest BCUT2D eigenvalue weighted by Gasteiger charge is -2.27. The van der Waals surface area contributed by atoms with E-state index in [2.05, 4.69) is 0 Å². The first-order valence-electron chi connectivity index (χ1n) is 6.78. The van der Waals surface area contributed by atoms with E-state index in [0.717, 1.165) is 6.07 Å². The van der Waals surface area contributed by atoms with Crippen LogP contribution in [0.2, 0.25) is 0 Å². The van der Waals surface area contributed by atoms with Crippen LogP contribution in [-0.4, -0.2) is 31.6 Å². The normalized spacial score (nSPS) is 17.2. The van der Waals surface area contributed by atoms with Crippen LogP contribution in [0.5, 0.6) is 5.75 Å². The minimum Gasteiger partial charge on any atom is -0.481 e. The van der Waals surface area contributed by atoms with Gasteiger partial charge in [0.05, 0.1) is 11.4 Å². The lowest BCUT2D eigenvalue weighted by molar-refractivity contribution is -0.121. The Kier molecular flexibility index (Phi) is 3.32. The number of ether oxygens (including phenoxy) is 2. The van der Waals surface area contributed by atoms with E-state index in [4.69, 9.17) is 9.47 Å². The summed E-state index contributed by atoms with van der Waals surface area (Å²) in [7, 11) is 1.50. The van der Waals surface area contributed by atoms with Gasteiger partial charge in [0.15, 0.2) is 18.2 Å². The highest BCUT2D eigenvalue weighted by molar-refractivity contribution is 6.24. The largest absolute Gasteiger partial charge is 0.481 e. The van der Waals surface area contributed by atoms with E-state index in [9.17, 15) is 18.8 Å². The summed E-state index contributed by atoms with van der Waals surface area (Å²) in [6.07, 6.45) is -0.990. The quantitative estimate of drug-likeness (QED) is 0.739. The summed E-state index contributed by atoms with van der Waals surface area (Å²) in [6.45, 7) is 3.01. The SMILES string of the molecule is CC(C)=C1OC(=O)N(c2cc3c(cc2F)OCC(=O)N3C)C1=O. The number of allylic oxidation sites excluding steroid dienone is 1. The predicted molar refractivity (Wildman–Crippen MR) is 77.6 cm³/mol. The first-order chi connectivity index (χ1) is 10.8. The van der Waals surface area contributed by atoms with E-state index in [1.54, 1.807) is 13.8 Å². The molecule has 0 N–H and O–H groups in total. The molecule has 1 aromatic rings. The summed E-state index contributed by atoms with van der Waals surface area (Å²) < 4.78 is 24.4. The van der Waals surface area contributed by atoms with Crippen LogP contribution in [0.1, 0.15) is 13.8 Å². The van der Waals surface area contributed by atoms with Gasteiger partial charge in [-0.2, -0.15) is 0 Å². The van der Waals surface area contributed by atoms with Crippen molar-refractivity contribution in [3.8, 4) is 5.75 Å². The third-order valence-corrected chi connectivity index (χ3v) is 3.58. The Labute approximate surface area is 130 Å². The van der Waals surface area contributed by atoms with Crippen LogP contribution in [0.3, 0.4) is 0 Å². The maximum Gasteiger partial charge on any atom is 0.427 e. The van der Waals surface area contributed by atoms with Crippen molar-refractivity contribution < 1.29 is 28.2 Å². The number of nitrogens with zero attached hydrogens (tertiary/aromatic N) is 2. The molecule has 3 amide bonds. The van der Waals surface area contributed by atoms with Crippen molar-refractivity contribution >= 4 is 29.3 Å². The van der Waals surface area contributed by atoms with E-state index in [-0.39, 0.29) is 35.4 Å². The highest BCUT2D eigenvalue weighted by Crippen LogP contribution is 2.39. The number of benzene rings is 1. The Morgan fingerprint density at radius 1 is 1.17 bits per heavy atom. The predicted octanol–water partition coefficient (Wildman–Crippen LogP) is 1.96. The van der Waals surface area contributed by atoms with Crippen LogP contribution >= 0.6 is 0 Å². The van der Waals surface area contributed by atoms with Crippen molar-refractivity contribution in [1.29, 1.82) is 0 Å². The lowest BCUT2D eigenvalue weighted by Crippen LogP contribution is -2.36. The fourth-order valence-electron chi connectivity index (χ4n) is 2.34. The number of amides is 3. The van der Waals surface area contributed by atoms with Gasteiger partial charge in [-0.15, -0.1) is 0 Å². The van der Waals surface area contributed by atoms with Crippen LogP contribution in [0.4, 0.5) is 20.6 Å². The standard InChI is InChI=1S/C15H13FN2O5/c1-7(2)13-14(20)18(15(21)23-13)9-5-10-11(4-8(9)16)22-6-12(19)17(10)3/h4-5H,6H2,1-3H3. The molecule has 2 aliphatic rings. The molecule has 1 aromatic carbocycles. The van der Waals surface area contributed by atoms with Crippen LogP contribution in [0.15, 0.2) is 23.5 Å². The zero-order valence-corrected chi connectivity index (χ0v) is 12.7. The van der Waals surface area contributed by atoms with Crippen molar-refractivity contribution in [1.82, 2.24) is 0 Å². The number of carbonyl (C=O) groups is 3. The Balaban J connectivity index is 2.11. The van der Waals surface area contributed by atoms with Gasteiger partial charge in [-0.3, -0.25) is 9.59 Å². The van der Waals surface area contributed by atoms with Crippen molar-refractivity contribution in [3.63, 3.8) is 0 Å². The number of carbonyl (C=O) groups excluding carboxylic acids is 3. The maximum absolute atomic E-state index is 14.3. The second-order valence-electron chi connectivity index (χ2n) is 5.35. The van der Waals surface area contributed by atoms with Crippen molar-refractivity contribution in [2.45, 2.75) is 13.8 Å². The van der Waals surface area contributed by atoms with Gasteiger partial charge in [0.25, 0.3) is 5.91 Å². The van der Waals surface area contributed by atoms with E-state index in [1.165, 1.54) is 18.0 Å². The molecule has 120 valence electrons. The second-order valence-corrected chi connectivity index (χ2v) is 5.35. The highest BCUT2D eigenvalue weighted by atomic mass is 19.1. The molecule has 23 heavy (non-hydrogen) atoms. The van der Waals surface area contributed by atoms with E-state index in [0.29, 0.717) is 10.5 Å². The number of hydrogen-bond acceptors (Lipinski definition) is 5. The number of rotatable bonds is 1. The maximum atomic E-state index is 14.3. The monoisotopic (exact) mass is 320 g/mol. The Bertz CT molecular complexity index is 782. The average molecular weight is 320 g/mol. The number of hydrogen-bond donors (Lipinski definition) is 0. The van der Waals surface area contributed by atoms with Crippen molar-refractivity contribution in [2.75, 3.05) is 23.5 Å². The molecule has 0 saturated carbocycles. The van der Waals surface area contributed by atoms with E-state index >= 15 is 0 Å². The number of cyclic esters (lactones) is 1. The van der Waals surface area contributed by atoms with Gasteiger partial charge < -0.3 is 14.4 Å². The first kappa shape index (κ1) is 15.0. The zero-order chi connectivity index (χ0) is 16.9. The van der Waals surface area contributed by atoms with Gasteiger partial charge in [0.2, 0.25) is 0 Å². The molecule has 1 fully saturated rings. The summed E-state index contributed by atoms with van der Waals surface area (Å²) in [4.78, 5) is 37.8. The number of halogens is 1. The van der Waals surface area contributed by atoms with E-state index in [1.807, 2.05) is 0 Å². The smallest absolute Gasteiger partial charge is 0.427 e. The number of anilines is 2. The van der Waals surface area contributed by atoms with Gasteiger partial charge >= 0.3 is 12.0 Å². The topological polar surface area (TPSA) is 76.2 Å². The molecule has 8 heteroatoms. The summed E-state index contributed by atoms with van der Waals surface area (Å²) in [5, 5.41) is 0. The Morgan fingerprint density at radius 3 is 2.48 bits per heavy atom. The summed E-state index contributed by atoms with van der Waals surface area (Å²) >= 11 is 0. The van der Waals surface area contributed by atoms with Crippen LogP contribution in [0, 0.1) is 5.82 Å². The van der Waals surface area contributed by atoms with Gasteiger partial charge in [0, 0.05) is 13.1 Å². The van der Waals surface area contributed by atoms with Crippen molar-refractivity contribution in [3.05, 3.63) is 29.3 Å². The van der Waals surface area contributed by atoms with E-state index < -0.39 is 17.8 Å². The Hall–Kier alpha value is -2.90. The lowest BCUT2D eigenvalue weighted by atomic mass is 10.2. The molecule has 7 nitrogen and oxygen atoms in total. The minimum absolute atomic E-state index is 0.132. The van der Waals surface area contributed by atoms with Gasteiger partial charge in [-0.25, -0.2) is 14.1 Å². The van der Waals surface area contributed by atoms with Crippen molar-refractivity contribution in [2.24, 2.45) is 0 Å². The van der Waals surface area contributed by atoms with Gasteiger partial charge in [-0.1, -0.05) is 0 Å². The molecule has 2 heterocycles. The third kappa shape index (κ3) is 2.23. The van der Waals surface area contributed by atoms with Gasteiger partial charge in [0.1, 0.15) is 5.75 Å². The van der Waals surface area contributed by atoms with Gasteiger partial charge in [-0.05, 0) is 25.5 Å². The number of imide groups is 1. The minimum atomic E-state index is -0.990. The van der Waals surface area contributed by atoms with Crippen LogP contribution in [0.25, 0.3) is 0 Å². The molecule has 2 aliphatic heterocycles. The zero-order valence-electron chi connectivity index (χ0n) is 12.7. The fourth-order valence-corrected chi connectivity index (χ4v) is 2.34. The summed E-state index contributed by atoms with van der Waals surface area (Å²) in [5.41, 5.74) is 0.476. The summed E-state index contributed by atoms with van der Waals surface area (Å²) in [5.74, 6) is -1.87. The molecule has 1 saturated heterocycles. The molecule has 0 aromatic heterocycles. The fraction of sp³-hybridized carbons (Fsp3) is 0.267. The average Bonchev–Trinajstić information content (AvgIpc) is 2.78. The van der Waals surface area contributed by atoms with Crippen LogP contribution in [-0.2, 0) is 14.3 Å². The molecule has 3 rings (SSSR count). The molecule has 0 spiro atoms. The molecule has 0 aliphatic carbocycles. The molecular weight excluding hydrogens is 307 g/mol. The highest BCUT2D eigenvalue weighted by Gasteiger charge is 2.40. The number of likely N-dealkylation sites (N-methyl/N-ethyl adjacent to an activating group) is 1. The molecule has 0 atom stereocenters. The molecule has 0 unspecified atom stereocenters. The number of fused-ring (bicyclic) bond motifs is 1. The summed E-state index contributed by atoms with van der Waals surface area (Å²) in [6, 6.07) is 2.25. The molecular formula is C15H13FN2O5. The second kappa shape index (κ2) is 5.08.